The fourth-order valence-corrected chi connectivity index (χ4v) is 2.91. The molecule has 0 aliphatic heterocycles. The molecule has 1 aliphatic rings. The zero-order chi connectivity index (χ0) is 22.9. The maximum absolute atomic E-state index is 12.9. The van der Waals surface area contributed by atoms with Crippen molar-refractivity contribution in [2.24, 2.45) is 5.41 Å². The van der Waals surface area contributed by atoms with Crippen molar-refractivity contribution < 1.29 is 21.3 Å². The number of nitrogens with zero attached hydrogens (tertiary/aromatic N) is 1. The molecule has 0 unspecified atom stereocenters. The van der Waals surface area contributed by atoms with Crippen molar-refractivity contribution in [3.63, 3.8) is 0 Å². The van der Waals surface area contributed by atoms with Gasteiger partial charge in [0.25, 0.3) is 0 Å². The molecule has 0 aromatic heterocycles. The van der Waals surface area contributed by atoms with E-state index in [1.54, 1.807) is 0 Å². The van der Waals surface area contributed by atoms with E-state index in [-0.39, 0.29) is 17.7 Å². The first-order chi connectivity index (χ1) is 14.5. The van der Waals surface area contributed by atoms with Gasteiger partial charge in [0.05, 0.1) is 24.7 Å². The Morgan fingerprint density at radius 1 is 1.15 bits per heavy atom. The van der Waals surface area contributed by atoms with Crippen LogP contribution in [0.25, 0.3) is 0 Å². The number of allylic oxidation sites excluding steroid dienone is 2. The van der Waals surface area contributed by atoms with E-state index in [1.807, 2.05) is 44.2 Å². The second-order valence-electron chi connectivity index (χ2n) is 7.02. The Bertz CT molecular complexity index is 1040. The molecule has 0 bridgehead atoms. The number of carbonyl (C=O) groups is 2. The van der Waals surface area contributed by atoms with Crippen molar-refractivity contribution in [3.05, 3.63) is 83.4 Å². The van der Waals surface area contributed by atoms with Crippen LogP contribution in [0.2, 0.25) is 0 Å². The fourth-order valence-electron chi connectivity index (χ4n) is 2.91. The number of hydroxylamine groups is 2. The Labute approximate surface area is 161 Å². The molecule has 0 saturated carbocycles. The molecule has 0 atom stereocenters. The summed E-state index contributed by atoms with van der Waals surface area (Å²) in [5.41, 5.74) is 0.421. The molecule has 0 fully saturated rings. The summed E-state index contributed by atoms with van der Waals surface area (Å²) >= 11 is 0. The van der Waals surface area contributed by atoms with Crippen molar-refractivity contribution in [1.82, 2.24) is 5.06 Å². The van der Waals surface area contributed by atoms with Crippen LogP contribution in [0.15, 0.2) is 72.3 Å². The normalized spacial score (nSPS) is 18.6. The van der Waals surface area contributed by atoms with Gasteiger partial charge >= 0.3 is 5.97 Å². The van der Waals surface area contributed by atoms with Gasteiger partial charge < -0.3 is 4.84 Å². The summed E-state index contributed by atoms with van der Waals surface area (Å²) in [6, 6.07) is 6.09. The standard InChI is InChI=1S/C22H23NO3/c1-22(2)14-19(13-20(24)15-22)23(16-17-9-5-3-6-10-17)26-21(25)18-11-7-4-8-12-18/h3-13H,14-16H2,1-2H3/i4D,7D,8D,11D,12D. The van der Waals surface area contributed by atoms with E-state index in [0.29, 0.717) is 18.5 Å². The number of benzene rings is 2. The van der Waals surface area contributed by atoms with Gasteiger partial charge in [-0.2, -0.15) is 0 Å². The summed E-state index contributed by atoms with van der Waals surface area (Å²) in [7, 11) is 0. The minimum Gasteiger partial charge on any atom is -0.335 e. The SMILES string of the molecule is [2H]c1c([2H])c([2H])c(C(=O)ON(Cc2ccccc2)C2=CC(=O)CC(C)(C)C2)c([2H])c1[2H]. The van der Waals surface area contributed by atoms with Crippen molar-refractivity contribution in [1.29, 1.82) is 0 Å². The molecular weight excluding hydrogens is 326 g/mol. The van der Waals surface area contributed by atoms with E-state index < -0.39 is 41.7 Å². The maximum Gasteiger partial charge on any atom is 0.363 e. The second kappa shape index (κ2) is 7.56. The first-order valence-corrected chi connectivity index (χ1v) is 8.34. The Balaban J connectivity index is 2.00. The van der Waals surface area contributed by atoms with Crippen LogP contribution in [0.4, 0.5) is 0 Å². The van der Waals surface area contributed by atoms with Crippen LogP contribution in [0.3, 0.4) is 0 Å². The molecule has 1 aliphatic carbocycles. The van der Waals surface area contributed by atoms with Crippen LogP contribution in [0.1, 0.15) is 49.5 Å². The van der Waals surface area contributed by atoms with E-state index in [9.17, 15) is 9.59 Å². The third-order valence-corrected chi connectivity index (χ3v) is 4.03. The highest BCUT2D eigenvalue weighted by Crippen LogP contribution is 2.35. The lowest BCUT2D eigenvalue weighted by Crippen LogP contribution is -2.33. The lowest BCUT2D eigenvalue weighted by Gasteiger charge is -2.34. The highest BCUT2D eigenvalue weighted by molar-refractivity contribution is 5.92. The molecule has 134 valence electrons. The Kier molecular flexibility index (Phi) is 3.63. The van der Waals surface area contributed by atoms with Gasteiger partial charge in [0.15, 0.2) is 5.78 Å². The first-order valence-electron chi connectivity index (χ1n) is 10.8. The van der Waals surface area contributed by atoms with Gasteiger partial charge in [0.2, 0.25) is 0 Å². The molecule has 3 rings (SSSR count). The van der Waals surface area contributed by atoms with Crippen LogP contribution in [-0.2, 0) is 16.2 Å². The highest BCUT2D eigenvalue weighted by atomic mass is 16.7. The lowest BCUT2D eigenvalue weighted by atomic mass is 9.79. The average molecular weight is 354 g/mol. The minimum atomic E-state index is -1.08. The van der Waals surface area contributed by atoms with Crippen LogP contribution in [0, 0.1) is 5.41 Å². The molecule has 2 aromatic carbocycles. The lowest BCUT2D eigenvalue weighted by molar-refractivity contribution is -0.121. The quantitative estimate of drug-likeness (QED) is 0.740. The van der Waals surface area contributed by atoms with Gasteiger partial charge in [-0.3, -0.25) is 4.79 Å². The average Bonchev–Trinajstić information content (AvgIpc) is 2.70. The number of ketones is 1. The predicted molar refractivity (Wildman–Crippen MR) is 99.9 cm³/mol. The van der Waals surface area contributed by atoms with Crippen molar-refractivity contribution in [2.45, 2.75) is 33.2 Å². The number of carbonyl (C=O) groups excluding carboxylic acids is 2. The van der Waals surface area contributed by atoms with E-state index in [1.165, 1.54) is 11.1 Å². The third kappa shape index (κ3) is 4.60. The second-order valence-corrected chi connectivity index (χ2v) is 7.02. The Morgan fingerprint density at radius 2 is 1.85 bits per heavy atom. The molecule has 2 aromatic rings. The van der Waals surface area contributed by atoms with Gasteiger partial charge in [-0.25, -0.2) is 9.86 Å². The minimum absolute atomic E-state index is 0.0943. The summed E-state index contributed by atoms with van der Waals surface area (Å²) in [5, 5.41) is 1.28. The van der Waals surface area contributed by atoms with Gasteiger partial charge in [-0.1, -0.05) is 62.3 Å². The van der Waals surface area contributed by atoms with Crippen LogP contribution >= 0.6 is 0 Å². The molecule has 0 radical (unpaired) electrons. The van der Waals surface area contributed by atoms with Gasteiger partial charge in [-0.15, -0.1) is 0 Å². The van der Waals surface area contributed by atoms with Gasteiger partial charge in [-0.05, 0) is 29.5 Å². The fraction of sp³-hybridized carbons (Fsp3) is 0.273. The molecule has 0 amide bonds. The monoisotopic (exact) mass is 354 g/mol. The molecular formula is C22H23NO3. The predicted octanol–water partition coefficient (Wildman–Crippen LogP) is 4.53. The third-order valence-electron chi connectivity index (χ3n) is 4.03. The summed E-state index contributed by atoms with van der Waals surface area (Å²) in [6.45, 7) is 4.02. The van der Waals surface area contributed by atoms with Crippen LogP contribution < -0.4 is 0 Å². The largest absolute Gasteiger partial charge is 0.363 e. The summed E-state index contributed by atoms with van der Waals surface area (Å²) in [5.74, 6) is -1.17. The molecule has 26 heavy (non-hydrogen) atoms. The van der Waals surface area contributed by atoms with Gasteiger partial charge in [0, 0.05) is 12.5 Å². The summed E-state index contributed by atoms with van der Waals surface area (Å²) in [4.78, 5) is 30.7. The maximum atomic E-state index is 12.9. The summed E-state index contributed by atoms with van der Waals surface area (Å²) in [6.07, 6.45) is 2.27. The summed E-state index contributed by atoms with van der Waals surface area (Å²) < 4.78 is 39.3. The van der Waals surface area contributed by atoms with E-state index >= 15 is 0 Å². The molecule has 4 heteroatoms. The van der Waals surface area contributed by atoms with E-state index in [0.717, 1.165) is 5.56 Å². The van der Waals surface area contributed by atoms with Crippen molar-refractivity contribution in [2.75, 3.05) is 0 Å². The number of rotatable bonds is 5. The van der Waals surface area contributed by atoms with Crippen LogP contribution in [-0.4, -0.2) is 16.8 Å². The van der Waals surface area contributed by atoms with Crippen molar-refractivity contribution in [3.8, 4) is 0 Å². The zero-order valence-electron chi connectivity index (χ0n) is 19.8. The number of hydrogen-bond donors (Lipinski definition) is 0. The van der Waals surface area contributed by atoms with E-state index in [2.05, 4.69) is 0 Å². The molecule has 0 N–H and O–H groups in total. The Hall–Kier alpha value is -2.88. The molecule has 4 nitrogen and oxygen atoms in total. The highest BCUT2D eigenvalue weighted by Gasteiger charge is 2.31. The Morgan fingerprint density at radius 3 is 2.50 bits per heavy atom. The number of hydrogen-bond acceptors (Lipinski definition) is 4. The van der Waals surface area contributed by atoms with Gasteiger partial charge in [0.1, 0.15) is 0 Å². The smallest absolute Gasteiger partial charge is 0.335 e. The molecule has 0 saturated heterocycles. The van der Waals surface area contributed by atoms with E-state index in [4.69, 9.17) is 11.7 Å². The topological polar surface area (TPSA) is 46.6 Å². The molecule has 0 spiro atoms. The van der Waals surface area contributed by atoms with Crippen molar-refractivity contribution >= 4 is 11.8 Å². The molecule has 0 heterocycles. The first kappa shape index (κ1) is 12.5. The zero-order valence-corrected chi connectivity index (χ0v) is 14.8. The van der Waals surface area contributed by atoms with Crippen LogP contribution in [0.5, 0.6) is 0 Å².